The number of nitrogens with zero attached hydrogens (tertiary/aromatic N) is 1. The molecular formula is C20H24BrN3O5S. The molecule has 0 heterocycles. The second-order valence-corrected chi connectivity index (χ2v) is 9.84. The van der Waals surface area contributed by atoms with Crippen molar-refractivity contribution in [3.05, 3.63) is 58.1 Å². The zero-order valence-corrected chi connectivity index (χ0v) is 19.5. The van der Waals surface area contributed by atoms with Crippen LogP contribution in [0.2, 0.25) is 0 Å². The van der Waals surface area contributed by atoms with Gasteiger partial charge in [0.05, 0.1) is 23.1 Å². The molecule has 0 aliphatic rings. The Balaban J connectivity index is 2.00. The zero-order valence-electron chi connectivity index (χ0n) is 17.1. The van der Waals surface area contributed by atoms with Crippen LogP contribution in [0.1, 0.15) is 29.8 Å². The van der Waals surface area contributed by atoms with E-state index in [9.17, 15) is 18.0 Å². The van der Waals surface area contributed by atoms with Crippen molar-refractivity contribution in [3.63, 3.8) is 0 Å². The van der Waals surface area contributed by atoms with E-state index in [-0.39, 0.29) is 16.6 Å². The molecule has 2 aromatic rings. The molecule has 2 rings (SSSR count). The number of benzene rings is 2. The summed E-state index contributed by atoms with van der Waals surface area (Å²) in [4.78, 5) is 24.7. The van der Waals surface area contributed by atoms with Gasteiger partial charge < -0.3 is 4.74 Å². The van der Waals surface area contributed by atoms with Gasteiger partial charge in [-0.05, 0) is 51.1 Å². The summed E-state index contributed by atoms with van der Waals surface area (Å²) in [6, 6.07) is 11.2. The summed E-state index contributed by atoms with van der Waals surface area (Å²) in [6.45, 7) is 5.04. The van der Waals surface area contributed by atoms with Crippen LogP contribution in [0.4, 0.5) is 0 Å². The van der Waals surface area contributed by atoms with Crippen LogP contribution in [0.25, 0.3) is 0 Å². The lowest BCUT2D eigenvalue weighted by molar-refractivity contribution is -0.121. The normalized spacial score (nSPS) is 11.4. The van der Waals surface area contributed by atoms with Crippen LogP contribution < -0.4 is 15.6 Å². The number of carbonyl (C=O) groups excluding carboxylic acids is 2. The minimum absolute atomic E-state index is 0.0813. The summed E-state index contributed by atoms with van der Waals surface area (Å²) in [6.07, 6.45) is -0.152. The average Bonchev–Trinajstić information content (AvgIpc) is 2.66. The van der Waals surface area contributed by atoms with Crippen LogP contribution in [0, 0.1) is 6.92 Å². The molecule has 0 radical (unpaired) electrons. The smallest absolute Gasteiger partial charge is 0.273 e. The van der Waals surface area contributed by atoms with Crippen molar-refractivity contribution < 1.29 is 22.7 Å². The number of nitrogens with one attached hydrogen (secondary N) is 2. The largest absolute Gasteiger partial charge is 0.490 e. The van der Waals surface area contributed by atoms with Crippen LogP contribution >= 0.6 is 15.9 Å². The molecule has 30 heavy (non-hydrogen) atoms. The number of carbonyl (C=O) groups is 2. The van der Waals surface area contributed by atoms with E-state index in [1.54, 1.807) is 30.3 Å². The number of amides is 2. The molecule has 0 bridgehead atoms. The van der Waals surface area contributed by atoms with E-state index in [4.69, 9.17) is 4.74 Å². The molecule has 0 spiro atoms. The Morgan fingerprint density at radius 2 is 1.73 bits per heavy atom. The van der Waals surface area contributed by atoms with Crippen LogP contribution in [-0.2, 0) is 14.8 Å². The topological polar surface area (TPSA) is 105 Å². The van der Waals surface area contributed by atoms with E-state index >= 15 is 0 Å². The number of likely N-dealkylation sites (N-methyl/N-ethyl adjacent to an activating group) is 1. The van der Waals surface area contributed by atoms with Gasteiger partial charge in [0, 0.05) is 11.5 Å². The number of hydrogen-bond acceptors (Lipinski definition) is 5. The summed E-state index contributed by atoms with van der Waals surface area (Å²) in [7, 11) is -2.54. The molecule has 0 fully saturated rings. The SMILES string of the molecule is Cc1ccc(S(=O)(=O)N(C)CC(=O)NNC(=O)c2ccc(Br)cc2OC(C)C)cc1. The third-order valence-corrected chi connectivity index (χ3v) is 6.27. The predicted molar refractivity (Wildman–Crippen MR) is 117 cm³/mol. The van der Waals surface area contributed by atoms with E-state index in [0.29, 0.717) is 5.75 Å². The predicted octanol–water partition coefficient (Wildman–Crippen LogP) is 2.63. The number of sulfonamides is 1. The highest BCUT2D eigenvalue weighted by Gasteiger charge is 2.23. The molecule has 0 aromatic heterocycles. The first-order valence-corrected chi connectivity index (χ1v) is 11.3. The molecule has 0 saturated heterocycles. The number of aryl methyl sites for hydroxylation is 1. The molecule has 2 amide bonds. The number of hydrogen-bond donors (Lipinski definition) is 2. The van der Waals surface area contributed by atoms with E-state index in [0.717, 1.165) is 14.3 Å². The van der Waals surface area contributed by atoms with Crippen molar-refractivity contribution in [3.8, 4) is 5.75 Å². The molecule has 0 atom stereocenters. The molecule has 0 saturated carbocycles. The monoisotopic (exact) mass is 497 g/mol. The fourth-order valence-corrected chi connectivity index (χ4v) is 3.91. The summed E-state index contributed by atoms with van der Waals surface area (Å²) in [5.41, 5.74) is 5.66. The third kappa shape index (κ3) is 6.28. The molecule has 10 heteroatoms. The Kier molecular flexibility index (Phi) is 7.99. The van der Waals surface area contributed by atoms with Crippen LogP contribution in [0.3, 0.4) is 0 Å². The Morgan fingerprint density at radius 3 is 2.33 bits per heavy atom. The highest BCUT2D eigenvalue weighted by Crippen LogP contribution is 2.24. The van der Waals surface area contributed by atoms with E-state index < -0.39 is 28.4 Å². The number of rotatable bonds is 7. The molecule has 162 valence electrons. The first-order valence-electron chi connectivity index (χ1n) is 9.09. The van der Waals surface area contributed by atoms with Crippen molar-refractivity contribution in [1.82, 2.24) is 15.2 Å². The fraction of sp³-hybridized carbons (Fsp3) is 0.300. The van der Waals surface area contributed by atoms with Gasteiger partial charge in [-0.25, -0.2) is 8.42 Å². The molecule has 2 N–H and O–H groups in total. The Bertz CT molecular complexity index is 1020. The molecule has 0 aliphatic carbocycles. The number of halogens is 1. The lowest BCUT2D eigenvalue weighted by Gasteiger charge is -2.18. The summed E-state index contributed by atoms with van der Waals surface area (Å²) in [5, 5.41) is 0. The van der Waals surface area contributed by atoms with Gasteiger partial charge in [0.25, 0.3) is 11.8 Å². The summed E-state index contributed by atoms with van der Waals surface area (Å²) in [5.74, 6) is -0.925. The van der Waals surface area contributed by atoms with Gasteiger partial charge in [-0.2, -0.15) is 4.31 Å². The lowest BCUT2D eigenvalue weighted by atomic mass is 10.2. The van der Waals surface area contributed by atoms with Crippen molar-refractivity contribution >= 4 is 37.8 Å². The van der Waals surface area contributed by atoms with Gasteiger partial charge >= 0.3 is 0 Å². The number of ether oxygens (including phenoxy) is 1. The van der Waals surface area contributed by atoms with Gasteiger partial charge in [-0.3, -0.25) is 20.4 Å². The van der Waals surface area contributed by atoms with Gasteiger partial charge in [0.15, 0.2) is 0 Å². The summed E-state index contributed by atoms with van der Waals surface area (Å²) >= 11 is 3.32. The van der Waals surface area contributed by atoms with Crippen LogP contribution in [0.15, 0.2) is 51.8 Å². The molecule has 0 unspecified atom stereocenters. The first kappa shape index (κ1) is 23.8. The van der Waals surface area contributed by atoms with Crippen molar-refractivity contribution in [2.24, 2.45) is 0 Å². The first-order chi connectivity index (χ1) is 14.0. The van der Waals surface area contributed by atoms with Gasteiger partial charge in [0.1, 0.15) is 5.75 Å². The Labute approximate surface area is 184 Å². The van der Waals surface area contributed by atoms with E-state index in [2.05, 4.69) is 26.8 Å². The van der Waals surface area contributed by atoms with E-state index in [1.165, 1.54) is 19.2 Å². The van der Waals surface area contributed by atoms with Crippen molar-refractivity contribution in [2.75, 3.05) is 13.6 Å². The van der Waals surface area contributed by atoms with Crippen molar-refractivity contribution in [2.45, 2.75) is 31.8 Å². The van der Waals surface area contributed by atoms with Gasteiger partial charge in [0.2, 0.25) is 10.0 Å². The van der Waals surface area contributed by atoms with Crippen molar-refractivity contribution in [1.29, 1.82) is 0 Å². The second-order valence-electron chi connectivity index (χ2n) is 6.88. The molecule has 8 nitrogen and oxygen atoms in total. The molecule has 0 aliphatic heterocycles. The average molecular weight is 498 g/mol. The summed E-state index contributed by atoms with van der Waals surface area (Å²) < 4.78 is 32.4. The lowest BCUT2D eigenvalue weighted by Crippen LogP contribution is -2.46. The maximum atomic E-state index is 12.6. The maximum absolute atomic E-state index is 12.6. The zero-order chi connectivity index (χ0) is 22.5. The fourth-order valence-electron chi connectivity index (χ4n) is 2.45. The molecule has 2 aromatic carbocycles. The Morgan fingerprint density at radius 1 is 1.10 bits per heavy atom. The standard InChI is InChI=1S/C20H24BrN3O5S/c1-13(2)29-18-11-15(21)7-10-17(18)20(26)23-22-19(25)12-24(4)30(27,28)16-8-5-14(3)6-9-16/h5-11,13H,12H2,1-4H3,(H,22,25)(H,23,26). The second kappa shape index (κ2) is 10.1. The van der Waals surface area contributed by atoms with Crippen LogP contribution in [0.5, 0.6) is 5.75 Å². The minimum atomic E-state index is -3.83. The quantitative estimate of drug-likeness (QED) is 0.572. The Hall–Kier alpha value is -2.43. The number of hydrazine groups is 1. The van der Waals surface area contributed by atoms with Gasteiger partial charge in [-0.15, -0.1) is 0 Å². The highest BCUT2D eigenvalue weighted by molar-refractivity contribution is 9.10. The highest BCUT2D eigenvalue weighted by atomic mass is 79.9. The molecular weight excluding hydrogens is 474 g/mol. The van der Waals surface area contributed by atoms with Crippen LogP contribution in [-0.4, -0.2) is 44.2 Å². The minimum Gasteiger partial charge on any atom is -0.490 e. The maximum Gasteiger partial charge on any atom is 0.273 e. The third-order valence-electron chi connectivity index (χ3n) is 3.96. The van der Waals surface area contributed by atoms with Gasteiger partial charge in [-0.1, -0.05) is 33.6 Å². The van der Waals surface area contributed by atoms with E-state index in [1.807, 2.05) is 20.8 Å².